The predicted octanol–water partition coefficient (Wildman–Crippen LogP) is 6.80. The van der Waals surface area contributed by atoms with Crippen molar-refractivity contribution in [2.45, 2.75) is 0 Å². The second-order valence-electron chi connectivity index (χ2n) is 7.38. The van der Waals surface area contributed by atoms with Crippen LogP contribution in [0.4, 0.5) is 5.69 Å². The Bertz CT molecular complexity index is 1430. The molecule has 0 N–H and O–H groups in total. The summed E-state index contributed by atoms with van der Waals surface area (Å²) in [4.78, 5) is 51.9. The molecule has 0 saturated heterocycles. The number of carbonyl (C=O) groups excluding carboxylic acids is 4. The van der Waals surface area contributed by atoms with E-state index in [2.05, 4.69) is 0 Å². The van der Waals surface area contributed by atoms with Crippen LogP contribution in [0, 0.1) is 0 Å². The maximum atomic E-state index is 13.0. The number of anilines is 1. The lowest BCUT2D eigenvalue weighted by Crippen LogP contribution is -2.29. The number of hydrogen-bond acceptors (Lipinski definition) is 6. The van der Waals surface area contributed by atoms with E-state index in [-0.39, 0.29) is 53.8 Å². The van der Waals surface area contributed by atoms with Gasteiger partial charge in [0, 0.05) is 16.7 Å². The van der Waals surface area contributed by atoms with Crippen molar-refractivity contribution in [3.8, 4) is 5.75 Å². The van der Waals surface area contributed by atoms with Crippen molar-refractivity contribution in [1.29, 1.82) is 0 Å². The number of imide groups is 1. The van der Waals surface area contributed by atoms with Gasteiger partial charge < -0.3 is 9.47 Å². The van der Waals surface area contributed by atoms with Crippen LogP contribution in [-0.2, 0) is 4.74 Å². The average molecular weight is 588 g/mol. The standard InChI is InChI=1S/C24H12Cl5NO6/c1-35-21-8-19(30-22(32)12-5-16(27)17(28)6-13(12)23(30)33)18(29)7-14(21)24(34)36-9-20(31)11-3-2-10(25)4-15(11)26/h2-8H,9H2,1H3. The Morgan fingerprint density at radius 2 is 1.39 bits per heavy atom. The Morgan fingerprint density at radius 1 is 0.778 bits per heavy atom. The van der Waals surface area contributed by atoms with Crippen molar-refractivity contribution in [3.05, 3.63) is 89.8 Å². The van der Waals surface area contributed by atoms with E-state index in [1.54, 1.807) is 0 Å². The molecule has 0 fully saturated rings. The molecule has 0 aliphatic carbocycles. The van der Waals surface area contributed by atoms with Gasteiger partial charge in [-0.25, -0.2) is 9.69 Å². The molecule has 2 amide bonds. The van der Waals surface area contributed by atoms with Gasteiger partial charge in [0.15, 0.2) is 6.61 Å². The smallest absolute Gasteiger partial charge is 0.342 e. The molecule has 0 spiro atoms. The first-order chi connectivity index (χ1) is 17.0. The highest BCUT2D eigenvalue weighted by molar-refractivity contribution is 6.45. The zero-order chi connectivity index (χ0) is 26.3. The quantitative estimate of drug-likeness (QED) is 0.179. The normalized spacial score (nSPS) is 12.6. The molecule has 0 aromatic heterocycles. The minimum atomic E-state index is -0.931. The number of rotatable bonds is 6. The van der Waals surface area contributed by atoms with Crippen LogP contribution < -0.4 is 9.64 Å². The third kappa shape index (κ3) is 4.77. The highest BCUT2D eigenvalue weighted by Gasteiger charge is 2.39. The molecule has 0 bridgehead atoms. The number of fused-ring (bicyclic) bond motifs is 1. The fourth-order valence-electron chi connectivity index (χ4n) is 3.50. The first-order valence-corrected chi connectivity index (χ1v) is 11.8. The molecule has 12 heteroatoms. The minimum Gasteiger partial charge on any atom is -0.496 e. The summed E-state index contributed by atoms with van der Waals surface area (Å²) >= 11 is 30.2. The Hall–Kier alpha value is -2.81. The molecule has 1 aliphatic heterocycles. The number of benzene rings is 3. The van der Waals surface area contributed by atoms with Crippen LogP contribution in [0.5, 0.6) is 5.75 Å². The Kier molecular flexibility index (Phi) is 7.50. The van der Waals surface area contributed by atoms with Crippen LogP contribution in [0.1, 0.15) is 41.4 Å². The largest absolute Gasteiger partial charge is 0.496 e. The van der Waals surface area contributed by atoms with E-state index in [9.17, 15) is 19.2 Å². The first-order valence-electron chi connectivity index (χ1n) is 9.94. The van der Waals surface area contributed by atoms with Crippen LogP contribution in [-0.4, -0.2) is 37.3 Å². The molecule has 4 rings (SSSR count). The van der Waals surface area contributed by atoms with Gasteiger partial charge in [-0.1, -0.05) is 58.0 Å². The summed E-state index contributed by atoms with van der Waals surface area (Å²) in [5.41, 5.74) is 0.0520. The molecule has 0 saturated carbocycles. The number of ether oxygens (including phenoxy) is 2. The highest BCUT2D eigenvalue weighted by Crippen LogP contribution is 2.39. The Balaban J connectivity index is 1.60. The zero-order valence-electron chi connectivity index (χ0n) is 18.0. The average Bonchev–Trinajstić information content (AvgIpc) is 3.06. The molecule has 36 heavy (non-hydrogen) atoms. The SMILES string of the molecule is COc1cc(N2C(=O)c3cc(Cl)c(Cl)cc3C2=O)c(Cl)cc1C(=O)OCC(=O)c1ccc(Cl)cc1Cl. The summed E-state index contributed by atoms with van der Waals surface area (Å²) in [7, 11) is 1.27. The van der Waals surface area contributed by atoms with Gasteiger partial charge in [-0.2, -0.15) is 0 Å². The molecule has 184 valence electrons. The topological polar surface area (TPSA) is 90.0 Å². The molecular formula is C24H12Cl5NO6. The third-order valence-electron chi connectivity index (χ3n) is 5.22. The molecule has 7 nitrogen and oxygen atoms in total. The van der Waals surface area contributed by atoms with Gasteiger partial charge in [0.2, 0.25) is 5.78 Å². The van der Waals surface area contributed by atoms with E-state index in [1.807, 2.05) is 0 Å². The van der Waals surface area contributed by atoms with Crippen LogP contribution in [0.2, 0.25) is 25.1 Å². The number of methoxy groups -OCH3 is 1. The van der Waals surface area contributed by atoms with E-state index in [0.717, 1.165) is 4.90 Å². The lowest BCUT2D eigenvalue weighted by molar-refractivity contribution is 0.0471. The molecule has 3 aromatic carbocycles. The van der Waals surface area contributed by atoms with E-state index in [1.165, 1.54) is 49.6 Å². The summed E-state index contributed by atoms with van der Waals surface area (Å²) in [6.45, 7) is -0.622. The molecule has 3 aromatic rings. The number of ketones is 1. The van der Waals surface area contributed by atoms with Gasteiger partial charge in [-0.3, -0.25) is 14.4 Å². The Labute approximate surface area is 229 Å². The van der Waals surface area contributed by atoms with Crippen LogP contribution in [0.25, 0.3) is 0 Å². The molecule has 0 unspecified atom stereocenters. The molecular weight excluding hydrogens is 576 g/mol. The monoisotopic (exact) mass is 585 g/mol. The van der Waals surface area contributed by atoms with E-state index >= 15 is 0 Å². The minimum absolute atomic E-state index is 0.0347. The molecule has 0 radical (unpaired) electrons. The van der Waals surface area contributed by atoms with E-state index in [0.29, 0.717) is 5.02 Å². The number of hydrogen-bond donors (Lipinski definition) is 0. The number of nitrogens with zero attached hydrogens (tertiary/aromatic N) is 1. The van der Waals surface area contributed by atoms with Crippen molar-refractivity contribution in [3.63, 3.8) is 0 Å². The first kappa shape index (κ1) is 26.3. The summed E-state index contributed by atoms with van der Waals surface area (Å²) < 4.78 is 10.4. The van der Waals surface area contributed by atoms with Gasteiger partial charge in [0.1, 0.15) is 11.3 Å². The fraction of sp³-hybridized carbons (Fsp3) is 0.0833. The fourth-order valence-corrected chi connectivity index (χ4v) is 4.59. The second-order valence-corrected chi connectivity index (χ2v) is 9.45. The van der Waals surface area contributed by atoms with Crippen molar-refractivity contribution < 1.29 is 28.7 Å². The molecule has 1 heterocycles. The van der Waals surface area contributed by atoms with E-state index < -0.39 is 30.2 Å². The van der Waals surface area contributed by atoms with Crippen LogP contribution in [0.3, 0.4) is 0 Å². The van der Waals surface area contributed by atoms with Gasteiger partial charge in [0.25, 0.3) is 11.8 Å². The predicted molar refractivity (Wildman–Crippen MR) is 137 cm³/mol. The lowest BCUT2D eigenvalue weighted by Gasteiger charge is -2.18. The van der Waals surface area contributed by atoms with Gasteiger partial charge in [0.05, 0.1) is 44.0 Å². The van der Waals surface area contributed by atoms with Crippen LogP contribution in [0.15, 0.2) is 42.5 Å². The zero-order valence-corrected chi connectivity index (χ0v) is 21.8. The lowest BCUT2D eigenvalue weighted by atomic mass is 10.1. The number of amides is 2. The summed E-state index contributed by atoms with van der Waals surface area (Å²) in [5, 5.41) is 0.542. The maximum absolute atomic E-state index is 13.0. The number of halogens is 5. The van der Waals surface area contributed by atoms with Gasteiger partial charge >= 0.3 is 5.97 Å². The van der Waals surface area contributed by atoms with Crippen molar-refractivity contribution in [2.75, 3.05) is 18.6 Å². The molecule has 1 aliphatic rings. The van der Waals surface area contributed by atoms with Crippen LogP contribution >= 0.6 is 58.0 Å². The number of carbonyl (C=O) groups is 4. The van der Waals surface area contributed by atoms with E-state index in [4.69, 9.17) is 67.5 Å². The summed E-state index contributed by atoms with van der Waals surface area (Å²) in [5.74, 6) is -2.91. The van der Waals surface area contributed by atoms with Crippen molar-refractivity contribution >= 4 is 87.3 Å². The van der Waals surface area contributed by atoms with Gasteiger partial charge in [-0.15, -0.1) is 0 Å². The Morgan fingerprint density at radius 3 is 1.94 bits per heavy atom. The highest BCUT2D eigenvalue weighted by atomic mass is 35.5. The van der Waals surface area contributed by atoms with Gasteiger partial charge in [-0.05, 0) is 36.4 Å². The maximum Gasteiger partial charge on any atom is 0.342 e. The van der Waals surface area contributed by atoms with Crippen molar-refractivity contribution in [2.24, 2.45) is 0 Å². The second kappa shape index (κ2) is 10.3. The molecule has 0 atom stereocenters. The summed E-state index contributed by atoms with van der Waals surface area (Å²) in [6.07, 6.45) is 0. The number of esters is 1. The number of Topliss-reactive ketones (excluding diaryl/α,β-unsaturated/α-hetero) is 1. The third-order valence-corrected chi connectivity index (χ3v) is 6.80. The van der Waals surface area contributed by atoms with Crippen molar-refractivity contribution in [1.82, 2.24) is 0 Å². The summed E-state index contributed by atoms with van der Waals surface area (Å²) in [6, 6.07) is 9.27.